The molecule has 0 radical (unpaired) electrons. The van der Waals surface area contributed by atoms with E-state index in [-0.39, 0.29) is 33.5 Å². The van der Waals surface area contributed by atoms with Gasteiger partial charge in [0.15, 0.2) is 5.65 Å². The third kappa shape index (κ3) is 4.73. The van der Waals surface area contributed by atoms with Gasteiger partial charge in [-0.1, -0.05) is 11.6 Å². The number of amides is 2. The molecule has 0 saturated carbocycles. The maximum Gasteiger partial charge on any atom is 0.416 e. The molecule has 2 aromatic heterocycles. The number of anilines is 1. The molecule has 0 spiro atoms. The predicted molar refractivity (Wildman–Crippen MR) is 143 cm³/mol. The first-order chi connectivity index (χ1) is 19.9. The van der Waals surface area contributed by atoms with Crippen molar-refractivity contribution in [2.24, 2.45) is 0 Å². The van der Waals surface area contributed by atoms with Crippen LogP contribution in [0.5, 0.6) is 0 Å². The standard InChI is InChI=1S/C29H17ClF5N5O2/c1-13-19(3-5-24-36-12-37-40(13)24)14-8-21-25(26(39-28(21)42)20-11-17(31)2-4-22(20)30)23(9-14)38-27(41)15-6-16(29(33,34)35)10-18(32)7-15/h2-12,26H,1H3,(H,38,41)(H,39,42). The monoisotopic (exact) mass is 597 g/mol. The Hall–Kier alpha value is -4.84. The number of carbonyl (C=O) groups is 2. The average Bonchev–Trinajstić information content (AvgIpc) is 3.55. The van der Waals surface area contributed by atoms with E-state index >= 15 is 0 Å². The molecule has 2 amide bonds. The third-order valence-corrected chi connectivity index (χ3v) is 7.33. The lowest BCUT2D eigenvalue weighted by Crippen LogP contribution is -2.21. The Kier molecular flexibility index (Phi) is 6.45. The summed E-state index contributed by atoms with van der Waals surface area (Å²) in [4.78, 5) is 30.7. The van der Waals surface area contributed by atoms with Gasteiger partial charge < -0.3 is 10.6 Å². The molecule has 5 aromatic rings. The smallest absolute Gasteiger partial charge is 0.341 e. The molecule has 42 heavy (non-hydrogen) atoms. The van der Waals surface area contributed by atoms with Gasteiger partial charge in [-0.2, -0.15) is 18.3 Å². The Morgan fingerprint density at radius 3 is 2.55 bits per heavy atom. The molecule has 6 rings (SSSR count). The van der Waals surface area contributed by atoms with Gasteiger partial charge >= 0.3 is 6.18 Å². The van der Waals surface area contributed by atoms with Crippen molar-refractivity contribution in [3.63, 3.8) is 0 Å². The second-order valence-electron chi connectivity index (χ2n) is 9.60. The summed E-state index contributed by atoms with van der Waals surface area (Å²) in [6, 6.07) is 10.6. The molecule has 7 nitrogen and oxygen atoms in total. The number of carbonyl (C=O) groups excluding carboxylic acids is 2. The van der Waals surface area contributed by atoms with Crippen LogP contribution in [0.25, 0.3) is 16.8 Å². The predicted octanol–water partition coefficient (Wildman–Crippen LogP) is 6.74. The van der Waals surface area contributed by atoms with Crippen molar-refractivity contribution in [3.8, 4) is 11.1 Å². The summed E-state index contributed by atoms with van der Waals surface area (Å²) in [6.07, 6.45) is -3.53. The van der Waals surface area contributed by atoms with Crippen molar-refractivity contribution in [2.75, 3.05) is 5.32 Å². The molecule has 0 aliphatic carbocycles. The van der Waals surface area contributed by atoms with E-state index < -0.39 is 46.8 Å². The maximum atomic E-state index is 14.2. The number of benzene rings is 3. The number of pyridine rings is 1. The normalized spacial score (nSPS) is 14.6. The zero-order valence-electron chi connectivity index (χ0n) is 21.4. The quantitative estimate of drug-likeness (QED) is 0.225. The molecular weight excluding hydrogens is 581 g/mol. The zero-order valence-corrected chi connectivity index (χ0v) is 22.1. The Morgan fingerprint density at radius 1 is 1.00 bits per heavy atom. The van der Waals surface area contributed by atoms with Crippen LogP contribution in [-0.2, 0) is 6.18 Å². The highest BCUT2D eigenvalue weighted by atomic mass is 35.5. The largest absolute Gasteiger partial charge is 0.416 e. The molecule has 0 bridgehead atoms. The molecule has 1 atom stereocenters. The van der Waals surface area contributed by atoms with Crippen LogP contribution in [0.15, 0.2) is 67.0 Å². The molecule has 1 aliphatic rings. The second kappa shape index (κ2) is 9.91. The second-order valence-corrected chi connectivity index (χ2v) is 10.0. The summed E-state index contributed by atoms with van der Waals surface area (Å²) in [5.74, 6) is -3.51. The molecule has 3 heterocycles. The number of alkyl halides is 3. The highest BCUT2D eigenvalue weighted by Crippen LogP contribution is 2.42. The molecular formula is C29H17ClF5N5O2. The van der Waals surface area contributed by atoms with Crippen LogP contribution >= 0.6 is 11.6 Å². The lowest BCUT2D eigenvalue weighted by atomic mass is 9.92. The molecule has 2 N–H and O–H groups in total. The Labute approximate surface area is 239 Å². The van der Waals surface area contributed by atoms with Gasteiger partial charge in [-0.3, -0.25) is 9.59 Å². The molecule has 0 saturated heterocycles. The minimum atomic E-state index is -4.90. The molecule has 212 valence electrons. The number of hydrogen-bond donors (Lipinski definition) is 2. The number of nitrogens with one attached hydrogen (secondary N) is 2. The van der Waals surface area contributed by atoms with Gasteiger partial charge in [0.2, 0.25) is 0 Å². The SMILES string of the molecule is Cc1c(-c2cc(NC(=O)c3cc(F)cc(C(F)(F)F)c3)c3c(c2)C(=O)NC3c2cc(F)ccc2Cl)ccc2ncnn12. The van der Waals surface area contributed by atoms with Crippen LogP contribution in [0.4, 0.5) is 27.6 Å². The van der Waals surface area contributed by atoms with Crippen molar-refractivity contribution >= 4 is 34.7 Å². The lowest BCUT2D eigenvalue weighted by Gasteiger charge is -2.19. The molecule has 1 aliphatic heterocycles. The van der Waals surface area contributed by atoms with E-state index in [0.29, 0.717) is 34.6 Å². The van der Waals surface area contributed by atoms with E-state index in [1.807, 2.05) is 0 Å². The fourth-order valence-corrected chi connectivity index (χ4v) is 5.29. The molecule has 0 fully saturated rings. The van der Waals surface area contributed by atoms with Gasteiger partial charge in [0, 0.05) is 44.2 Å². The summed E-state index contributed by atoms with van der Waals surface area (Å²) in [7, 11) is 0. The fourth-order valence-electron chi connectivity index (χ4n) is 5.06. The lowest BCUT2D eigenvalue weighted by molar-refractivity contribution is -0.137. The number of nitrogens with zero attached hydrogens (tertiary/aromatic N) is 3. The van der Waals surface area contributed by atoms with Crippen LogP contribution in [0.2, 0.25) is 5.02 Å². The highest BCUT2D eigenvalue weighted by molar-refractivity contribution is 6.31. The number of aryl methyl sites for hydroxylation is 1. The van der Waals surface area contributed by atoms with E-state index in [1.165, 1.54) is 18.5 Å². The first kappa shape index (κ1) is 27.3. The summed E-state index contributed by atoms with van der Waals surface area (Å²) >= 11 is 6.35. The van der Waals surface area contributed by atoms with Crippen molar-refractivity contribution in [1.29, 1.82) is 0 Å². The first-order valence-electron chi connectivity index (χ1n) is 12.3. The van der Waals surface area contributed by atoms with E-state index in [0.717, 1.165) is 12.1 Å². The fraction of sp³-hybridized carbons (Fsp3) is 0.103. The number of fused-ring (bicyclic) bond motifs is 2. The van der Waals surface area contributed by atoms with Crippen molar-refractivity contribution in [2.45, 2.75) is 19.1 Å². The first-order valence-corrected chi connectivity index (χ1v) is 12.7. The van der Waals surface area contributed by atoms with Crippen LogP contribution < -0.4 is 10.6 Å². The van der Waals surface area contributed by atoms with E-state index in [2.05, 4.69) is 20.7 Å². The summed E-state index contributed by atoms with van der Waals surface area (Å²) in [6.45, 7) is 1.77. The number of halogens is 6. The van der Waals surface area contributed by atoms with Gasteiger partial charge in [0.25, 0.3) is 11.8 Å². The summed E-state index contributed by atoms with van der Waals surface area (Å²) in [5, 5.41) is 9.60. The number of aromatic nitrogens is 3. The van der Waals surface area contributed by atoms with Gasteiger partial charge in [-0.05, 0) is 73.2 Å². The Balaban J connectivity index is 1.53. The van der Waals surface area contributed by atoms with Gasteiger partial charge in [-0.15, -0.1) is 0 Å². The average molecular weight is 598 g/mol. The Bertz CT molecular complexity index is 1940. The van der Waals surface area contributed by atoms with Crippen molar-refractivity contribution in [1.82, 2.24) is 19.9 Å². The van der Waals surface area contributed by atoms with Crippen LogP contribution in [0.3, 0.4) is 0 Å². The van der Waals surface area contributed by atoms with Crippen LogP contribution in [0, 0.1) is 18.6 Å². The summed E-state index contributed by atoms with van der Waals surface area (Å²) in [5.41, 5.74) is 0.861. The number of hydrogen-bond acceptors (Lipinski definition) is 4. The zero-order chi connectivity index (χ0) is 29.9. The maximum absolute atomic E-state index is 14.2. The van der Waals surface area contributed by atoms with E-state index in [9.17, 15) is 31.5 Å². The van der Waals surface area contributed by atoms with Gasteiger partial charge in [0.1, 0.15) is 18.0 Å². The molecule has 3 aromatic carbocycles. The van der Waals surface area contributed by atoms with Crippen molar-refractivity contribution in [3.05, 3.63) is 117 Å². The van der Waals surface area contributed by atoms with E-state index in [4.69, 9.17) is 11.6 Å². The van der Waals surface area contributed by atoms with Crippen LogP contribution in [0.1, 0.15) is 49.1 Å². The Morgan fingerprint density at radius 2 is 1.79 bits per heavy atom. The number of rotatable bonds is 4. The van der Waals surface area contributed by atoms with Crippen LogP contribution in [-0.4, -0.2) is 26.4 Å². The van der Waals surface area contributed by atoms with Gasteiger partial charge in [0.05, 0.1) is 11.6 Å². The third-order valence-electron chi connectivity index (χ3n) is 6.98. The molecule has 1 unspecified atom stereocenters. The van der Waals surface area contributed by atoms with Crippen molar-refractivity contribution < 1.29 is 31.5 Å². The topological polar surface area (TPSA) is 88.4 Å². The van der Waals surface area contributed by atoms with Gasteiger partial charge in [-0.25, -0.2) is 18.3 Å². The summed E-state index contributed by atoms with van der Waals surface area (Å²) < 4.78 is 69.9. The van der Waals surface area contributed by atoms with E-state index in [1.54, 1.807) is 29.6 Å². The highest BCUT2D eigenvalue weighted by Gasteiger charge is 2.36. The minimum absolute atomic E-state index is 0.0204. The molecule has 13 heteroatoms. The minimum Gasteiger partial charge on any atom is -0.341 e.